The van der Waals surface area contributed by atoms with Crippen molar-refractivity contribution in [1.82, 2.24) is 10.2 Å². The van der Waals surface area contributed by atoms with Crippen LogP contribution in [0, 0.1) is 5.92 Å². The first kappa shape index (κ1) is 23.7. The van der Waals surface area contributed by atoms with Crippen LogP contribution >= 0.6 is 0 Å². The SMILES string of the molecule is COC(=O)C1(N(C)C(=O)[C@H](CC(C)C)NC(=O)OC(C)(C)C)Cc2ccccc2C1. The minimum atomic E-state index is -1.14. The van der Waals surface area contributed by atoms with Gasteiger partial charge in [-0.2, -0.15) is 0 Å². The standard InChI is InChI=1S/C23H34N2O5/c1-15(2)12-18(24-21(28)30-22(3,4)5)19(26)25(6)23(20(27)29-7)13-16-10-8-9-11-17(16)14-23/h8-11,15,18H,12-14H2,1-7H3,(H,24,28)/t18-/m0/s1. The van der Waals surface area contributed by atoms with Crippen LogP contribution in [0.1, 0.15) is 52.2 Å². The first-order valence-electron chi connectivity index (χ1n) is 10.3. The van der Waals surface area contributed by atoms with Gasteiger partial charge in [-0.15, -0.1) is 0 Å². The van der Waals surface area contributed by atoms with Crippen LogP contribution in [0.25, 0.3) is 0 Å². The van der Waals surface area contributed by atoms with Crippen molar-refractivity contribution in [2.24, 2.45) is 5.92 Å². The number of nitrogens with zero attached hydrogens (tertiary/aromatic N) is 1. The number of hydrogen-bond acceptors (Lipinski definition) is 5. The summed E-state index contributed by atoms with van der Waals surface area (Å²) in [7, 11) is 2.94. The zero-order valence-corrected chi connectivity index (χ0v) is 19.1. The lowest BCUT2D eigenvalue weighted by Gasteiger charge is -2.38. The van der Waals surface area contributed by atoms with Crippen LogP contribution < -0.4 is 5.32 Å². The van der Waals surface area contributed by atoms with E-state index in [9.17, 15) is 14.4 Å². The lowest BCUT2D eigenvalue weighted by atomic mass is 9.92. The Balaban J connectivity index is 2.30. The molecule has 7 nitrogen and oxygen atoms in total. The average Bonchev–Trinajstić information content (AvgIpc) is 3.04. The van der Waals surface area contributed by atoms with Crippen molar-refractivity contribution in [3.05, 3.63) is 35.4 Å². The number of amides is 2. The van der Waals surface area contributed by atoms with Crippen LogP contribution in [0.2, 0.25) is 0 Å². The van der Waals surface area contributed by atoms with E-state index in [-0.39, 0.29) is 11.8 Å². The minimum Gasteiger partial charge on any atom is -0.467 e. The number of esters is 1. The number of carbonyl (C=O) groups is 3. The molecule has 0 aromatic heterocycles. The number of likely N-dealkylation sites (N-methyl/N-ethyl adjacent to an activating group) is 1. The Morgan fingerprint density at radius 2 is 1.67 bits per heavy atom. The smallest absolute Gasteiger partial charge is 0.408 e. The third-order valence-corrected chi connectivity index (χ3v) is 5.32. The summed E-state index contributed by atoms with van der Waals surface area (Å²) in [6.07, 6.45) is 0.515. The molecule has 0 spiro atoms. The summed E-state index contributed by atoms with van der Waals surface area (Å²) in [5, 5.41) is 2.70. The Morgan fingerprint density at radius 1 is 1.13 bits per heavy atom. The highest BCUT2D eigenvalue weighted by molar-refractivity contribution is 5.93. The molecular weight excluding hydrogens is 384 g/mol. The molecule has 1 aromatic rings. The second-order valence-electron chi connectivity index (χ2n) is 9.37. The highest BCUT2D eigenvalue weighted by Crippen LogP contribution is 2.35. The fourth-order valence-corrected chi connectivity index (χ4v) is 3.89. The summed E-state index contributed by atoms with van der Waals surface area (Å²) in [5.41, 5.74) is 0.216. The largest absolute Gasteiger partial charge is 0.467 e. The fourth-order valence-electron chi connectivity index (χ4n) is 3.89. The monoisotopic (exact) mass is 418 g/mol. The predicted octanol–water partition coefficient (Wildman–Crippen LogP) is 3.09. The maximum Gasteiger partial charge on any atom is 0.408 e. The Bertz CT molecular complexity index is 772. The molecule has 1 atom stereocenters. The lowest BCUT2D eigenvalue weighted by molar-refractivity contribution is -0.161. The third-order valence-electron chi connectivity index (χ3n) is 5.32. The Labute approximate surface area is 179 Å². The molecular formula is C23H34N2O5. The van der Waals surface area contributed by atoms with Crippen molar-refractivity contribution in [2.75, 3.05) is 14.2 Å². The molecule has 0 unspecified atom stereocenters. The van der Waals surface area contributed by atoms with Crippen LogP contribution in [0.15, 0.2) is 24.3 Å². The number of methoxy groups -OCH3 is 1. The predicted molar refractivity (Wildman–Crippen MR) is 114 cm³/mol. The minimum absolute atomic E-state index is 0.150. The summed E-state index contributed by atoms with van der Waals surface area (Å²) in [6.45, 7) is 9.23. The van der Waals surface area contributed by atoms with Crippen LogP contribution in [-0.2, 0) is 31.9 Å². The van der Waals surface area contributed by atoms with Gasteiger partial charge in [-0.1, -0.05) is 38.1 Å². The summed E-state index contributed by atoms with van der Waals surface area (Å²) in [5.74, 6) is -0.653. The van der Waals surface area contributed by atoms with Crippen LogP contribution in [-0.4, -0.2) is 54.2 Å². The molecule has 0 aliphatic heterocycles. The van der Waals surface area contributed by atoms with Crippen LogP contribution in [0.3, 0.4) is 0 Å². The Hall–Kier alpha value is -2.57. The van der Waals surface area contributed by atoms with Crippen molar-refractivity contribution in [3.63, 3.8) is 0 Å². The molecule has 166 valence electrons. The number of ether oxygens (including phenoxy) is 2. The molecule has 0 bridgehead atoms. The van der Waals surface area contributed by atoms with Gasteiger partial charge in [0, 0.05) is 19.9 Å². The molecule has 1 aliphatic rings. The molecule has 7 heteroatoms. The van der Waals surface area contributed by atoms with E-state index in [2.05, 4.69) is 5.32 Å². The van der Waals surface area contributed by atoms with E-state index < -0.39 is 29.2 Å². The quantitative estimate of drug-likeness (QED) is 0.718. The summed E-state index contributed by atoms with van der Waals surface area (Å²) in [6, 6.07) is 6.94. The maximum atomic E-state index is 13.5. The summed E-state index contributed by atoms with van der Waals surface area (Å²) >= 11 is 0. The lowest BCUT2D eigenvalue weighted by Crippen LogP contribution is -2.61. The number of hydrogen-bond donors (Lipinski definition) is 1. The van der Waals surface area contributed by atoms with E-state index in [4.69, 9.17) is 9.47 Å². The number of nitrogens with one attached hydrogen (secondary N) is 1. The van der Waals surface area contributed by atoms with Gasteiger partial charge in [0.15, 0.2) is 0 Å². The van der Waals surface area contributed by atoms with Gasteiger partial charge in [0.2, 0.25) is 5.91 Å². The topological polar surface area (TPSA) is 84.9 Å². The van der Waals surface area contributed by atoms with Crippen LogP contribution in [0.5, 0.6) is 0 Å². The zero-order chi connectivity index (χ0) is 22.7. The van der Waals surface area contributed by atoms with Gasteiger partial charge in [0.25, 0.3) is 0 Å². The second kappa shape index (κ2) is 9.06. The first-order valence-corrected chi connectivity index (χ1v) is 10.3. The average molecular weight is 419 g/mol. The third kappa shape index (κ3) is 5.32. The molecule has 30 heavy (non-hydrogen) atoms. The normalized spacial score (nSPS) is 15.9. The highest BCUT2D eigenvalue weighted by atomic mass is 16.6. The van der Waals surface area contributed by atoms with Gasteiger partial charge < -0.3 is 19.7 Å². The maximum absolute atomic E-state index is 13.5. The van der Waals surface area contributed by atoms with Crippen LogP contribution in [0.4, 0.5) is 4.79 Å². The van der Waals surface area contributed by atoms with Gasteiger partial charge in [-0.3, -0.25) is 4.79 Å². The molecule has 1 N–H and O–H groups in total. The van der Waals surface area contributed by atoms with Crippen molar-refractivity contribution in [1.29, 1.82) is 0 Å². The van der Waals surface area contributed by atoms with E-state index in [1.165, 1.54) is 12.0 Å². The second-order valence-corrected chi connectivity index (χ2v) is 9.37. The number of fused-ring (bicyclic) bond motifs is 1. The molecule has 0 radical (unpaired) electrons. The Kier molecular flexibility index (Phi) is 7.16. The van der Waals surface area contributed by atoms with Crippen molar-refractivity contribution >= 4 is 18.0 Å². The Morgan fingerprint density at radius 3 is 2.10 bits per heavy atom. The highest BCUT2D eigenvalue weighted by Gasteiger charge is 2.51. The zero-order valence-electron chi connectivity index (χ0n) is 19.1. The molecule has 0 saturated heterocycles. The molecule has 0 heterocycles. The van der Waals surface area contributed by atoms with E-state index in [0.29, 0.717) is 19.3 Å². The summed E-state index contributed by atoms with van der Waals surface area (Å²) in [4.78, 5) is 40.2. The molecule has 2 rings (SSSR count). The molecule has 1 aromatic carbocycles. The number of carbonyl (C=O) groups excluding carboxylic acids is 3. The van der Waals surface area contributed by atoms with E-state index >= 15 is 0 Å². The molecule has 0 saturated carbocycles. The van der Waals surface area contributed by atoms with Gasteiger partial charge in [-0.05, 0) is 44.2 Å². The first-order chi connectivity index (χ1) is 13.9. The van der Waals surface area contributed by atoms with Gasteiger partial charge in [-0.25, -0.2) is 9.59 Å². The fraction of sp³-hybridized carbons (Fsp3) is 0.609. The molecule has 2 amide bonds. The summed E-state index contributed by atoms with van der Waals surface area (Å²) < 4.78 is 10.4. The van der Waals surface area contributed by atoms with E-state index in [1.54, 1.807) is 27.8 Å². The van der Waals surface area contributed by atoms with E-state index in [0.717, 1.165) is 11.1 Å². The van der Waals surface area contributed by atoms with Crippen molar-refractivity contribution in [2.45, 2.75) is 71.1 Å². The molecule has 1 aliphatic carbocycles. The van der Waals surface area contributed by atoms with Gasteiger partial charge in [0.1, 0.15) is 17.2 Å². The van der Waals surface area contributed by atoms with E-state index in [1.807, 2.05) is 38.1 Å². The van der Waals surface area contributed by atoms with Gasteiger partial charge >= 0.3 is 12.1 Å². The number of rotatable bonds is 6. The van der Waals surface area contributed by atoms with Crippen molar-refractivity contribution < 1.29 is 23.9 Å². The number of benzene rings is 1. The molecule has 0 fully saturated rings. The number of alkyl carbamates (subject to hydrolysis) is 1. The van der Waals surface area contributed by atoms with Gasteiger partial charge in [0.05, 0.1) is 7.11 Å². The van der Waals surface area contributed by atoms with Crippen molar-refractivity contribution in [3.8, 4) is 0 Å².